The number of aryl methyl sites for hydroxylation is 1. The summed E-state index contributed by atoms with van der Waals surface area (Å²) in [5.74, 6) is 0. The normalized spacial score (nSPS) is 36.9. The number of fused-ring (bicyclic) bond motifs is 1. The van der Waals surface area contributed by atoms with E-state index in [4.69, 9.17) is 2.74 Å². The van der Waals surface area contributed by atoms with Crippen LogP contribution < -0.4 is 4.90 Å². The highest BCUT2D eigenvalue weighted by molar-refractivity contribution is 5.56. The van der Waals surface area contributed by atoms with Crippen molar-refractivity contribution in [2.45, 2.75) is 39.0 Å². The van der Waals surface area contributed by atoms with Gasteiger partial charge in [0, 0.05) is 21.0 Å². The molecule has 90 valence electrons. The van der Waals surface area contributed by atoms with E-state index in [9.17, 15) is 0 Å². The van der Waals surface area contributed by atoms with E-state index in [1.807, 2.05) is 17.0 Å². The summed E-state index contributed by atoms with van der Waals surface area (Å²) in [7, 11) is 0. The molecule has 17 heavy (non-hydrogen) atoms. The Morgan fingerprint density at radius 3 is 2.76 bits per heavy atom. The van der Waals surface area contributed by atoms with Crippen molar-refractivity contribution in [3.05, 3.63) is 42.0 Å². The standard InChI is InChI=1S/C15H20N2/c1-11-7-4-5-8-14(11)17-12(2)15-9-6-10-16(15)13(17)3/h4-9,12-13,15H,10H2,1-3H3/t12-,13?,15?/m0/s1/i10D2. The minimum Gasteiger partial charge on any atom is -0.351 e. The molecule has 3 rings (SSSR count). The van der Waals surface area contributed by atoms with Crippen molar-refractivity contribution in [2.24, 2.45) is 0 Å². The lowest BCUT2D eigenvalue weighted by atomic mass is 10.1. The van der Waals surface area contributed by atoms with Crippen molar-refractivity contribution < 1.29 is 2.74 Å². The van der Waals surface area contributed by atoms with E-state index in [1.165, 1.54) is 11.3 Å². The molecule has 1 fully saturated rings. The van der Waals surface area contributed by atoms with Crippen LogP contribution in [0.15, 0.2) is 36.4 Å². The molecule has 2 heterocycles. The summed E-state index contributed by atoms with van der Waals surface area (Å²) in [6.07, 6.45) is 3.77. The molecule has 0 amide bonds. The van der Waals surface area contributed by atoms with E-state index in [2.05, 4.69) is 43.9 Å². The largest absolute Gasteiger partial charge is 0.351 e. The lowest BCUT2D eigenvalue weighted by molar-refractivity contribution is 0.271. The Kier molecular flexibility index (Phi) is 2.00. The third-order valence-corrected chi connectivity index (χ3v) is 3.97. The fourth-order valence-corrected chi connectivity index (χ4v) is 3.07. The van der Waals surface area contributed by atoms with Gasteiger partial charge in [0.2, 0.25) is 0 Å². The number of rotatable bonds is 1. The maximum absolute atomic E-state index is 8.12. The number of benzene rings is 1. The van der Waals surface area contributed by atoms with Crippen molar-refractivity contribution in [1.82, 2.24) is 4.90 Å². The lowest BCUT2D eigenvalue weighted by Crippen LogP contribution is -2.38. The molecule has 0 spiro atoms. The van der Waals surface area contributed by atoms with Gasteiger partial charge in [0.25, 0.3) is 0 Å². The molecular formula is C15H20N2. The van der Waals surface area contributed by atoms with Crippen LogP contribution in [0.1, 0.15) is 22.2 Å². The Bertz CT molecular complexity index is 527. The summed E-state index contributed by atoms with van der Waals surface area (Å²) in [5, 5.41) is 0. The van der Waals surface area contributed by atoms with Crippen LogP contribution in [0.5, 0.6) is 0 Å². The van der Waals surface area contributed by atoms with Crippen LogP contribution in [0, 0.1) is 6.92 Å². The van der Waals surface area contributed by atoms with Crippen LogP contribution in [0.2, 0.25) is 0 Å². The first-order valence-corrected chi connectivity index (χ1v) is 6.25. The highest BCUT2D eigenvalue weighted by Crippen LogP contribution is 2.35. The smallest absolute Gasteiger partial charge is 0.0804 e. The molecule has 1 aromatic rings. The van der Waals surface area contributed by atoms with E-state index in [0.717, 1.165) is 0 Å². The van der Waals surface area contributed by atoms with Gasteiger partial charge in [0.05, 0.1) is 12.2 Å². The zero-order valence-electron chi connectivity index (χ0n) is 12.6. The van der Waals surface area contributed by atoms with Crippen LogP contribution in [0.3, 0.4) is 0 Å². The first-order valence-electron chi connectivity index (χ1n) is 7.25. The van der Waals surface area contributed by atoms with Crippen LogP contribution in [0.4, 0.5) is 5.69 Å². The van der Waals surface area contributed by atoms with E-state index in [-0.39, 0.29) is 18.2 Å². The van der Waals surface area contributed by atoms with E-state index in [0.29, 0.717) is 0 Å². The second-order valence-corrected chi connectivity index (χ2v) is 4.95. The van der Waals surface area contributed by atoms with Crippen LogP contribution in [-0.2, 0) is 0 Å². The summed E-state index contributed by atoms with van der Waals surface area (Å²) in [4.78, 5) is 4.30. The number of hydrogen-bond donors (Lipinski definition) is 0. The lowest BCUT2D eigenvalue weighted by Gasteiger charge is -2.31. The van der Waals surface area contributed by atoms with Crippen molar-refractivity contribution in [3.8, 4) is 0 Å². The van der Waals surface area contributed by atoms with Gasteiger partial charge >= 0.3 is 0 Å². The molecular weight excluding hydrogens is 208 g/mol. The number of nitrogens with zero attached hydrogens (tertiary/aromatic N) is 2. The van der Waals surface area contributed by atoms with Crippen molar-refractivity contribution in [3.63, 3.8) is 0 Å². The Balaban J connectivity index is 2.02. The van der Waals surface area contributed by atoms with Crippen LogP contribution >= 0.6 is 0 Å². The topological polar surface area (TPSA) is 6.48 Å². The third kappa shape index (κ3) is 1.51. The van der Waals surface area contributed by atoms with Gasteiger partial charge in [-0.2, -0.15) is 0 Å². The molecule has 3 atom stereocenters. The molecule has 2 aliphatic heterocycles. The molecule has 0 saturated carbocycles. The average molecular weight is 230 g/mol. The molecule has 0 aromatic heterocycles. The average Bonchev–Trinajstić information content (AvgIpc) is 2.79. The van der Waals surface area contributed by atoms with Gasteiger partial charge in [-0.25, -0.2) is 0 Å². The van der Waals surface area contributed by atoms with Gasteiger partial charge in [0.1, 0.15) is 0 Å². The predicted molar refractivity (Wildman–Crippen MR) is 72.2 cm³/mol. The Morgan fingerprint density at radius 2 is 2.06 bits per heavy atom. The zero-order valence-corrected chi connectivity index (χ0v) is 10.6. The minimum absolute atomic E-state index is 0.0612. The number of anilines is 1. The van der Waals surface area contributed by atoms with E-state index >= 15 is 0 Å². The van der Waals surface area contributed by atoms with Gasteiger partial charge in [-0.1, -0.05) is 30.4 Å². The van der Waals surface area contributed by atoms with Gasteiger partial charge in [0.15, 0.2) is 0 Å². The van der Waals surface area contributed by atoms with Crippen molar-refractivity contribution in [1.29, 1.82) is 0 Å². The van der Waals surface area contributed by atoms with Crippen molar-refractivity contribution >= 4 is 5.69 Å². The molecule has 0 N–H and O–H groups in total. The molecule has 2 nitrogen and oxygen atoms in total. The molecule has 0 bridgehead atoms. The van der Waals surface area contributed by atoms with Gasteiger partial charge in [-0.3, -0.25) is 4.90 Å². The maximum atomic E-state index is 8.12. The third-order valence-electron chi connectivity index (χ3n) is 3.97. The molecule has 1 aromatic carbocycles. The zero-order chi connectivity index (χ0) is 13.8. The van der Waals surface area contributed by atoms with Crippen molar-refractivity contribution in [2.75, 3.05) is 11.4 Å². The second kappa shape index (κ2) is 3.88. The Morgan fingerprint density at radius 1 is 1.29 bits per heavy atom. The summed E-state index contributed by atoms with van der Waals surface area (Å²) >= 11 is 0. The van der Waals surface area contributed by atoms with Gasteiger partial charge in [-0.15, -0.1) is 0 Å². The highest BCUT2D eigenvalue weighted by Gasteiger charge is 2.42. The minimum atomic E-state index is -1.34. The number of para-hydroxylation sites is 1. The quantitative estimate of drug-likeness (QED) is 0.685. The molecule has 2 aliphatic rings. The van der Waals surface area contributed by atoms with Crippen LogP contribution in [0.25, 0.3) is 0 Å². The van der Waals surface area contributed by atoms with Crippen LogP contribution in [-0.4, -0.2) is 29.6 Å². The molecule has 2 heteroatoms. The van der Waals surface area contributed by atoms with Gasteiger partial charge < -0.3 is 4.90 Å². The highest BCUT2D eigenvalue weighted by atomic mass is 15.5. The van der Waals surface area contributed by atoms with E-state index in [1.54, 1.807) is 6.08 Å². The first kappa shape index (κ1) is 8.76. The Hall–Kier alpha value is -1.28. The summed E-state index contributed by atoms with van der Waals surface area (Å²) in [5.41, 5.74) is 2.45. The second-order valence-electron chi connectivity index (χ2n) is 4.95. The predicted octanol–water partition coefficient (Wildman–Crippen LogP) is 2.79. The molecule has 0 radical (unpaired) electrons. The van der Waals surface area contributed by atoms with E-state index < -0.39 is 6.50 Å². The molecule has 1 saturated heterocycles. The monoisotopic (exact) mass is 230 g/mol. The molecule has 0 aliphatic carbocycles. The molecule has 2 unspecified atom stereocenters. The summed E-state index contributed by atoms with van der Waals surface area (Å²) in [6, 6.07) is 8.78. The fourth-order valence-electron chi connectivity index (χ4n) is 3.07. The summed E-state index contributed by atoms with van der Waals surface area (Å²) < 4.78 is 16.2. The summed E-state index contributed by atoms with van der Waals surface area (Å²) in [6.45, 7) is 5.05. The SMILES string of the molecule is [2H]C1([2H])C=CC2[C@H](C)N(c3ccccc3C)C(C)N21. The number of hydrogen-bond acceptors (Lipinski definition) is 2. The first-order chi connectivity index (χ1) is 8.93. The fraction of sp³-hybridized carbons (Fsp3) is 0.467. The van der Waals surface area contributed by atoms with Gasteiger partial charge in [-0.05, 0) is 32.4 Å². The Labute approximate surface area is 106 Å². The maximum Gasteiger partial charge on any atom is 0.0804 e.